The van der Waals surface area contributed by atoms with Crippen molar-refractivity contribution in [3.63, 3.8) is 0 Å². The molecule has 25 heavy (non-hydrogen) atoms. The Kier molecular flexibility index (Phi) is 5.88. The number of hydrogen-bond acceptors (Lipinski definition) is 3. The lowest BCUT2D eigenvalue weighted by atomic mass is 10.1. The van der Waals surface area contributed by atoms with Gasteiger partial charge in [0.2, 0.25) is 0 Å². The zero-order valence-electron chi connectivity index (χ0n) is 15.2. The lowest BCUT2D eigenvalue weighted by Gasteiger charge is -2.37. The van der Waals surface area contributed by atoms with Gasteiger partial charge in [0, 0.05) is 38.9 Å². The molecule has 0 amide bonds. The lowest BCUT2D eigenvalue weighted by Crippen LogP contribution is -2.52. The Hall–Kier alpha value is -2.56. The van der Waals surface area contributed by atoms with E-state index in [1.54, 1.807) is 0 Å². The number of aryl methyl sites for hydroxylation is 1. The molecule has 1 fully saturated rings. The minimum Gasteiger partial charge on any atom is -0.357 e. The monoisotopic (exact) mass is 337 g/mol. The van der Waals surface area contributed by atoms with Gasteiger partial charge in [-0.25, -0.2) is 9.98 Å². The van der Waals surface area contributed by atoms with Crippen LogP contribution < -0.4 is 10.2 Å². The Balaban J connectivity index is 1.62. The van der Waals surface area contributed by atoms with Crippen molar-refractivity contribution in [3.8, 4) is 0 Å². The van der Waals surface area contributed by atoms with Crippen LogP contribution in [-0.2, 0) is 6.54 Å². The topological polar surface area (TPSA) is 43.8 Å². The molecule has 0 bridgehead atoms. The molecule has 5 nitrogen and oxygen atoms in total. The van der Waals surface area contributed by atoms with E-state index in [-0.39, 0.29) is 0 Å². The van der Waals surface area contributed by atoms with Gasteiger partial charge < -0.3 is 15.1 Å². The van der Waals surface area contributed by atoms with Crippen LogP contribution in [-0.4, -0.2) is 48.6 Å². The first-order valence-electron chi connectivity index (χ1n) is 9.01. The van der Waals surface area contributed by atoms with Crippen LogP contribution >= 0.6 is 0 Å². The van der Waals surface area contributed by atoms with Crippen LogP contribution in [0, 0.1) is 6.92 Å². The molecule has 2 heterocycles. The highest BCUT2D eigenvalue weighted by atomic mass is 15.4. The van der Waals surface area contributed by atoms with E-state index >= 15 is 0 Å². The number of piperazine rings is 1. The molecule has 0 atom stereocenters. The number of aliphatic imine (C=N–C) groups is 1. The largest absolute Gasteiger partial charge is 0.357 e. The van der Waals surface area contributed by atoms with E-state index in [1.165, 1.54) is 11.1 Å². The zero-order chi connectivity index (χ0) is 17.5. The van der Waals surface area contributed by atoms with Crippen molar-refractivity contribution in [2.45, 2.75) is 20.4 Å². The number of pyridine rings is 1. The Morgan fingerprint density at radius 1 is 1.12 bits per heavy atom. The summed E-state index contributed by atoms with van der Waals surface area (Å²) in [7, 11) is 0. The van der Waals surface area contributed by atoms with Gasteiger partial charge in [0.15, 0.2) is 5.96 Å². The van der Waals surface area contributed by atoms with Gasteiger partial charge in [0.1, 0.15) is 5.82 Å². The maximum atomic E-state index is 4.84. The summed E-state index contributed by atoms with van der Waals surface area (Å²) in [6.07, 6.45) is 1.86. The number of anilines is 1. The summed E-state index contributed by atoms with van der Waals surface area (Å²) in [5, 5.41) is 3.43. The number of nitrogens with zero attached hydrogens (tertiary/aromatic N) is 4. The maximum absolute atomic E-state index is 4.84. The van der Waals surface area contributed by atoms with E-state index in [1.807, 2.05) is 18.3 Å². The fourth-order valence-corrected chi connectivity index (χ4v) is 3.09. The maximum Gasteiger partial charge on any atom is 0.194 e. The van der Waals surface area contributed by atoms with Gasteiger partial charge in [-0.1, -0.05) is 35.9 Å². The third-order valence-corrected chi connectivity index (χ3v) is 4.38. The highest BCUT2D eigenvalue weighted by Crippen LogP contribution is 2.13. The highest BCUT2D eigenvalue weighted by Gasteiger charge is 2.20. The molecule has 1 N–H and O–H groups in total. The molecular weight excluding hydrogens is 310 g/mol. The summed E-state index contributed by atoms with van der Waals surface area (Å²) in [6, 6.07) is 14.6. The molecule has 0 spiro atoms. The van der Waals surface area contributed by atoms with Crippen LogP contribution in [0.1, 0.15) is 18.1 Å². The molecule has 1 aliphatic heterocycles. The van der Waals surface area contributed by atoms with Gasteiger partial charge in [0.25, 0.3) is 0 Å². The normalized spacial score (nSPS) is 15.4. The Bertz CT molecular complexity index is 690. The summed E-state index contributed by atoms with van der Waals surface area (Å²) < 4.78 is 0. The summed E-state index contributed by atoms with van der Waals surface area (Å²) in [5.74, 6) is 2.06. The first kappa shape index (κ1) is 17.3. The van der Waals surface area contributed by atoms with Crippen LogP contribution in [0.5, 0.6) is 0 Å². The third kappa shape index (κ3) is 4.72. The predicted octanol–water partition coefficient (Wildman–Crippen LogP) is 2.68. The first-order valence-corrected chi connectivity index (χ1v) is 9.01. The molecule has 5 heteroatoms. The number of nitrogens with one attached hydrogen (secondary N) is 1. The first-order chi connectivity index (χ1) is 12.3. The van der Waals surface area contributed by atoms with E-state index in [4.69, 9.17) is 4.99 Å². The molecule has 1 aliphatic rings. The van der Waals surface area contributed by atoms with Crippen molar-refractivity contribution in [2.75, 3.05) is 37.6 Å². The molecule has 1 aromatic heterocycles. The van der Waals surface area contributed by atoms with Crippen LogP contribution in [0.4, 0.5) is 5.82 Å². The van der Waals surface area contributed by atoms with Crippen molar-refractivity contribution in [3.05, 3.63) is 59.8 Å². The number of hydrogen-bond donors (Lipinski definition) is 1. The molecule has 0 unspecified atom stereocenters. The molecule has 1 saturated heterocycles. The van der Waals surface area contributed by atoms with Crippen LogP contribution in [0.25, 0.3) is 0 Å². The molecule has 3 rings (SSSR count). The van der Waals surface area contributed by atoms with Crippen LogP contribution in [0.2, 0.25) is 0 Å². The van der Waals surface area contributed by atoms with Crippen LogP contribution in [0.3, 0.4) is 0 Å². The Morgan fingerprint density at radius 3 is 2.64 bits per heavy atom. The van der Waals surface area contributed by atoms with Crippen molar-refractivity contribution >= 4 is 11.8 Å². The van der Waals surface area contributed by atoms with Gasteiger partial charge in [-0.15, -0.1) is 0 Å². The zero-order valence-corrected chi connectivity index (χ0v) is 15.2. The predicted molar refractivity (Wildman–Crippen MR) is 104 cm³/mol. The van der Waals surface area contributed by atoms with Gasteiger partial charge in [-0.3, -0.25) is 0 Å². The fourth-order valence-electron chi connectivity index (χ4n) is 3.09. The van der Waals surface area contributed by atoms with Crippen molar-refractivity contribution in [1.82, 2.24) is 15.2 Å². The van der Waals surface area contributed by atoms with E-state index in [0.29, 0.717) is 6.54 Å². The molecule has 132 valence electrons. The fraction of sp³-hybridized carbons (Fsp3) is 0.400. The quantitative estimate of drug-likeness (QED) is 0.688. The van der Waals surface area contributed by atoms with Gasteiger partial charge in [-0.05, 0) is 31.5 Å². The Morgan fingerprint density at radius 2 is 1.96 bits per heavy atom. The molecule has 1 aromatic carbocycles. The van der Waals surface area contributed by atoms with Gasteiger partial charge in [0.05, 0.1) is 6.54 Å². The summed E-state index contributed by atoms with van der Waals surface area (Å²) in [6.45, 7) is 9.67. The minimum atomic E-state index is 0.713. The minimum absolute atomic E-state index is 0.713. The second-order valence-corrected chi connectivity index (χ2v) is 6.32. The van der Waals surface area contributed by atoms with Crippen molar-refractivity contribution in [1.29, 1.82) is 0 Å². The second-order valence-electron chi connectivity index (χ2n) is 6.32. The van der Waals surface area contributed by atoms with E-state index in [2.05, 4.69) is 64.3 Å². The van der Waals surface area contributed by atoms with Crippen molar-refractivity contribution in [2.24, 2.45) is 4.99 Å². The summed E-state index contributed by atoms with van der Waals surface area (Å²) in [4.78, 5) is 14.0. The van der Waals surface area contributed by atoms with Gasteiger partial charge in [-0.2, -0.15) is 0 Å². The Labute approximate surface area is 150 Å². The average molecular weight is 337 g/mol. The number of aromatic nitrogens is 1. The molecule has 0 radical (unpaired) electrons. The van der Waals surface area contributed by atoms with Crippen LogP contribution in [0.15, 0.2) is 53.7 Å². The van der Waals surface area contributed by atoms with E-state index < -0.39 is 0 Å². The smallest absolute Gasteiger partial charge is 0.194 e. The number of rotatable bonds is 4. The van der Waals surface area contributed by atoms with E-state index in [9.17, 15) is 0 Å². The molecule has 0 aliphatic carbocycles. The molecule has 0 saturated carbocycles. The standard InChI is InChI=1S/C20H27N5/c1-3-21-20(23-16-18-8-6-7-17(2)15-18)25-13-11-24(12-14-25)19-9-4-5-10-22-19/h4-10,15H,3,11-14,16H2,1-2H3,(H,21,23). The summed E-state index contributed by atoms with van der Waals surface area (Å²) in [5.41, 5.74) is 2.53. The lowest BCUT2D eigenvalue weighted by molar-refractivity contribution is 0.371. The SMILES string of the molecule is CCNC(=NCc1cccc(C)c1)N1CCN(c2ccccn2)CC1. The number of guanidine groups is 1. The van der Waals surface area contributed by atoms with Crippen molar-refractivity contribution < 1.29 is 0 Å². The highest BCUT2D eigenvalue weighted by molar-refractivity contribution is 5.80. The second kappa shape index (κ2) is 8.51. The summed E-state index contributed by atoms with van der Waals surface area (Å²) >= 11 is 0. The van der Waals surface area contributed by atoms with E-state index in [0.717, 1.165) is 44.5 Å². The molecule has 2 aromatic rings. The third-order valence-electron chi connectivity index (χ3n) is 4.38. The number of benzene rings is 1. The average Bonchev–Trinajstić information content (AvgIpc) is 2.66. The van der Waals surface area contributed by atoms with Gasteiger partial charge >= 0.3 is 0 Å². The molecular formula is C20H27N5.